The second-order valence-corrected chi connectivity index (χ2v) is 7.57. The molecule has 1 saturated heterocycles. The van der Waals surface area contributed by atoms with Crippen LogP contribution in [-0.2, 0) is 6.42 Å². The minimum Gasteiger partial charge on any atom is -0.355 e. The molecule has 0 bridgehead atoms. The van der Waals surface area contributed by atoms with Crippen molar-refractivity contribution in [1.29, 1.82) is 0 Å². The summed E-state index contributed by atoms with van der Waals surface area (Å²) in [6.45, 7) is 9.13. The predicted molar refractivity (Wildman–Crippen MR) is 83.1 cm³/mol. The average Bonchev–Trinajstić information content (AvgIpc) is 2.82. The second-order valence-electron chi connectivity index (χ2n) is 7.57. The first kappa shape index (κ1) is 13.9. The Balaban J connectivity index is 1.87. The number of H-pyrrole nitrogens is 1. The highest BCUT2D eigenvalue weighted by molar-refractivity contribution is 5.51. The smallest absolute Gasteiger partial charge is 0.153 e. The van der Waals surface area contributed by atoms with Gasteiger partial charge < -0.3 is 10.6 Å². The van der Waals surface area contributed by atoms with Gasteiger partial charge in [0.15, 0.2) is 5.82 Å². The number of nitrogens with zero attached hydrogens (tertiary/aromatic N) is 2. The van der Waals surface area contributed by atoms with Gasteiger partial charge in [0, 0.05) is 36.3 Å². The van der Waals surface area contributed by atoms with Gasteiger partial charge in [-0.1, -0.05) is 20.8 Å². The van der Waals surface area contributed by atoms with Gasteiger partial charge in [-0.3, -0.25) is 5.10 Å². The van der Waals surface area contributed by atoms with Crippen LogP contribution in [0.15, 0.2) is 0 Å². The van der Waals surface area contributed by atoms with Crippen LogP contribution in [0.4, 0.5) is 5.82 Å². The molecule has 0 aromatic carbocycles. The quantitative estimate of drug-likeness (QED) is 0.829. The number of hydrogen-bond acceptors (Lipinski definition) is 3. The molecule has 4 heteroatoms. The van der Waals surface area contributed by atoms with E-state index < -0.39 is 0 Å². The van der Waals surface area contributed by atoms with Crippen molar-refractivity contribution in [3.05, 3.63) is 11.3 Å². The van der Waals surface area contributed by atoms with Gasteiger partial charge >= 0.3 is 0 Å². The summed E-state index contributed by atoms with van der Waals surface area (Å²) in [4.78, 5) is 2.43. The maximum Gasteiger partial charge on any atom is 0.153 e. The maximum absolute atomic E-state index is 6.01. The van der Waals surface area contributed by atoms with Crippen LogP contribution < -0.4 is 10.6 Å². The van der Waals surface area contributed by atoms with Crippen LogP contribution in [0.2, 0.25) is 0 Å². The fraction of sp³-hybridized carbons (Fsp3) is 0.812. The van der Waals surface area contributed by atoms with Crippen LogP contribution in [0.25, 0.3) is 0 Å². The molecule has 0 amide bonds. The van der Waals surface area contributed by atoms with Crippen molar-refractivity contribution < 1.29 is 0 Å². The lowest BCUT2D eigenvalue weighted by Gasteiger charge is -2.35. The molecule has 1 aliphatic heterocycles. The maximum atomic E-state index is 6.01. The van der Waals surface area contributed by atoms with E-state index in [0.29, 0.717) is 17.4 Å². The van der Waals surface area contributed by atoms with Crippen LogP contribution in [0.1, 0.15) is 63.6 Å². The molecule has 1 aromatic heterocycles. The SMILES string of the molecule is CC(C)(C)C1CCCc2c(N3CCC(N)CC3)n[nH]c21. The summed E-state index contributed by atoms with van der Waals surface area (Å²) in [7, 11) is 0. The average molecular weight is 276 g/mol. The van der Waals surface area contributed by atoms with Crippen LogP contribution in [-0.4, -0.2) is 29.3 Å². The summed E-state index contributed by atoms with van der Waals surface area (Å²) in [6.07, 6.45) is 5.92. The number of nitrogens with two attached hydrogens (primary N) is 1. The van der Waals surface area contributed by atoms with E-state index in [4.69, 9.17) is 5.73 Å². The third kappa shape index (κ3) is 2.46. The van der Waals surface area contributed by atoms with Gasteiger partial charge in [-0.15, -0.1) is 0 Å². The van der Waals surface area contributed by atoms with E-state index in [9.17, 15) is 0 Å². The topological polar surface area (TPSA) is 57.9 Å². The number of anilines is 1. The molecule has 20 heavy (non-hydrogen) atoms. The fourth-order valence-electron chi connectivity index (χ4n) is 3.77. The van der Waals surface area contributed by atoms with Crippen molar-refractivity contribution in [2.75, 3.05) is 18.0 Å². The second kappa shape index (κ2) is 5.06. The Kier molecular flexibility index (Phi) is 3.53. The van der Waals surface area contributed by atoms with Crippen LogP contribution in [0.5, 0.6) is 0 Å². The summed E-state index contributed by atoms with van der Waals surface area (Å²) < 4.78 is 0. The largest absolute Gasteiger partial charge is 0.355 e. The highest BCUT2D eigenvalue weighted by Crippen LogP contribution is 2.44. The van der Waals surface area contributed by atoms with Gasteiger partial charge in [0.25, 0.3) is 0 Å². The fourth-order valence-corrected chi connectivity index (χ4v) is 3.77. The number of hydrogen-bond donors (Lipinski definition) is 2. The molecule has 3 N–H and O–H groups in total. The number of fused-ring (bicyclic) bond motifs is 1. The van der Waals surface area contributed by atoms with Crippen molar-refractivity contribution in [2.45, 2.75) is 64.8 Å². The van der Waals surface area contributed by atoms with E-state index in [1.165, 1.54) is 36.3 Å². The van der Waals surface area contributed by atoms with Gasteiger partial charge in [-0.05, 0) is 37.5 Å². The molecular weight excluding hydrogens is 248 g/mol. The van der Waals surface area contributed by atoms with E-state index >= 15 is 0 Å². The third-order valence-corrected chi connectivity index (χ3v) is 5.03. The Hall–Kier alpha value is -1.03. The van der Waals surface area contributed by atoms with Gasteiger partial charge in [-0.25, -0.2) is 0 Å². The van der Waals surface area contributed by atoms with Crippen LogP contribution in [0.3, 0.4) is 0 Å². The highest BCUT2D eigenvalue weighted by atomic mass is 15.3. The van der Waals surface area contributed by atoms with Crippen molar-refractivity contribution in [1.82, 2.24) is 10.2 Å². The Morgan fingerprint density at radius 3 is 2.55 bits per heavy atom. The predicted octanol–water partition coefficient (Wildman–Crippen LogP) is 2.80. The van der Waals surface area contributed by atoms with E-state index in [1.807, 2.05) is 0 Å². The Labute approximate surface area is 122 Å². The van der Waals surface area contributed by atoms with E-state index in [-0.39, 0.29) is 0 Å². The molecule has 0 radical (unpaired) electrons. The molecule has 1 aliphatic carbocycles. The summed E-state index contributed by atoms with van der Waals surface area (Å²) in [6, 6.07) is 0.378. The molecule has 0 spiro atoms. The summed E-state index contributed by atoms with van der Waals surface area (Å²) in [5.41, 5.74) is 9.20. The zero-order valence-electron chi connectivity index (χ0n) is 13.1. The number of nitrogens with one attached hydrogen (secondary N) is 1. The van der Waals surface area contributed by atoms with Gasteiger partial charge in [0.05, 0.1) is 0 Å². The summed E-state index contributed by atoms with van der Waals surface area (Å²) >= 11 is 0. The molecule has 1 unspecified atom stereocenters. The Morgan fingerprint density at radius 1 is 1.20 bits per heavy atom. The van der Waals surface area contributed by atoms with Crippen molar-refractivity contribution in [3.8, 4) is 0 Å². The Bertz CT molecular complexity index is 463. The highest BCUT2D eigenvalue weighted by Gasteiger charge is 2.34. The molecule has 1 atom stereocenters. The number of rotatable bonds is 1. The minimum atomic E-state index is 0.309. The molecule has 4 nitrogen and oxygen atoms in total. The van der Waals surface area contributed by atoms with Gasteiger partial charge in [0.1, 0.15) is 0 Å². The van der Waals surface area contributed by atoms with Crippen LogP contribution in [0, 0.1) is 5.41 Å². The third-order valence-electron chi connectivity index (χ3n) is 5.03. The first-order valence-electron chi connectivity index (χ1n) is 8.04. The van der Waals surface area contributed by atoms with Gasteiger partial charge in [0.2, 0.25) is 0 Å². The molecule has 2 heterocycles. The molecule has 1 fully saturated rings. The zero-order chi connectivity index (χ0) is 14.3. The molecule has 112 valence electrons. The molecule has 0 saturated carbocycles. The molecular formula is C16H28N4. The molecule has 2 aliphatic rings. The van der Waals surface area contributed by atoms with Crippen molar-refractivity contribution in [2.24, 2.45) is 11.1 Å². The summed E-state index contributed by atoms with van der Waals surface area (Å²) in [5.74, 6) is 1.82. The normalized spacial score (nSPS) is 24.8. The first-order valence-corrected chi connectivity index (χ1v) is 8.04. The lowest BCUT2D eigenvalue weighted by Crippen LogP contribution is -2.40. The Morgan fingerprint density at radius 2 is 1.90 bits per heavy atom. The summed E-state index contributed by atoms with van der Waals surface area (Å²) in [5, 5.41) is 8.04. The first-order chi connectivity index (χ1) is 9.47. The van der Waals surface area contributed by atoms with Crippen molar-refractivity contribution in [3.63, 3.8) is 0 Å². The van der Waals surface area contributed by atoms with Crippen LogP contribution >= 0.6 is 0 Å². The monoisotopic (exact) mass is 276 g/mol. The van der Waals surface area contributed by atoms with E-state index in [0.717, 1.165) is 25.9 Å². The molecule has 3 rings (SSSR count). The lowest BCUT2D eigenvalue weighted by atomic mass is 9.72. The standard InChI is InChI=1S/C16H28N4/c1-16(2,3)13-6-4-5-12-14(13)18-19-15(12)20-9-7-11(17)8-10-20/h11,13H,4-10,17H2,1-3H3,(H,18,19). The van der Waals surface area contributed by atoms with Crippen molar-refractivity contribution >= 4 is 5.82 Å². The number of aromatic nitrogens is 2. The van der Waals surface area contributed by atoms with E-state index in [2.05, 4.69) is 35.9 Å². The molecule has 1 aromatic rings. The number of piperidine rings is 1. The lowest BCUT2D eigenvalue weighted by molar-refractivity contribution is 0.284. The number of aromatic amines is 1. The van der Waals surface area contributed by atoms with Gasteiger partial charge in [-0.2, -0.15) is 5.10 Å². The minimum absolute atomic E-state index is 0.309. The zero-order valence-corrected chi connectivity index (χ0v) is 13.1. The van der Waals surface area contributed by atoms with E-state index in [1.54, 1.807) is 0 Å².